The highest BCUT2D eigenvalue weighted by atomic mass is 79.9. The molecule has 43 heavy (non-hydrogen) atoms. The van der Waals surface area contributed by atoms with Gasteiger partial charge in [-0.3, -0.25) is 19.4 Å². The molecule has 11 heteroatoms. The fraction of sp³-hybridized carbons (Fsp3) is 0.469. The van der Waals surface area contributed by atoms with Crippen molar-refractivity contribution < 1.29 is 29.0 Å². The van der Waals surface area contributed by atoms with E-state index in [4.69, 9.17) is 15.2 Å². The Hall–Kier alpha value is -3.25. The van der Waals surface area contributed by atoms with Crippen LogP contribution >= 0.6 is 15.9 Å². The first kappa shape index (κ1) is 28.5. The number of benzene rings is 2. The van der Waals surface area contributed by atoms with E-state index in [0.717, 1.165) is 40.8 Å². The van der Waals surface area contributed by atoms with E-state index in [1.54, 1.807) is 0 Å². The van der Waals surface area contributed by atoms with E-state index in [1.165, 1.54) is 18.4 Å². The molecule has 5 heterocycles. The number of urea groups is 1. The maximum Gasteiger partial charge on any atom is 0.328 e. The minimum atomic E-state index is -1.03. The van der Waals surface area contributed by atoms with Crippen molar-refractivity contribution in [2.24, 2.45) is 23.5 Å². The van der Waals surface area contributed by atoms with Crippen molar-refractivity contribution in [1.82, 2.24) is 14.7 Å². The van der Waals surface area contributed by atoms with Gasteiger partial charge in [-0.05, 0) is 67.6 Å². The Morgan fingerprint density at radius 2 is 1.67 bits per heavy atom. The highest BCUT2D eigenvalue weighted by molar-refractivity contribution is 9.10. The smallest absolute Gasteiger partial charge is 0.328 e. The number of piperidine rings is 1. The number of amides is 4. The van der Waals surface area contributed by atoms with Crippen LogP contribution in [0.3, 0.4) is 0 Å². The number of aliphatic hydroxyl groups excluding tert-OH is 1. The quantitative estimate of drug-likeness (QED) is 0.327. The summed E-state index contributed by atoms with van der Waals surface area (Å²) >= 11 is 3.71. The molecule has 226 valence electrons. The van der Waals surface area contributed by atoms with E-state index in [-0.39, 0.29) is 25.4 Å². The van der Waals surface area contributed by atoms with Gasteiger partial charge in [0, 0.05) is 42.2 Å². The molecule has 6 aliphatic rings. The SMILES string of the molecule is NC(=O)N1C(=O)C2C(C1=O)C1C=C(CCCO)C2C(c2ccc(CN3CCCC3)cc2)N1Cc1cc2c(cc1Br)OCO2. The van der Waals surface area contributed by atoms with E-state index in [2.05, 4.69) is 56.1 Å². The second kappa shape index (κ2) is 11.4. The van der Waals surface area contributed by atoms with Gasteiger partial charge in [-0.1, -0.05) is 51.8 Å². The van der Waals surface area contributed by atoms with Crippen LogP contribution in [0.5, 0.6) is 11.5 Å². The number of imide groups is 3. The van der Waals surface area contributed by atoms with Gasteiger partial charge in [0.1, 0.15) is 0 Å². The highest BCUT2D eigenvalue weighted by Gasteiger charge is 2.64. The lowest BCUT2D eigenvalue weighted by Crippen LogP contribution is -2.58. The molecule has 3 fully saturated rings. The topological polar surface area (TPSA) is 126 Å². The number of nitrogens with zero attached hydrogens (tertiary/aromatic N) is 3. The van der Waals surface area contributed by atoms with Crippen LogP contribution in [-0.4, -0.2) is 70.2 Å². The molecule has 2 aromatic rings. The number of likely N-dealkylation sites (tertiary alicyclic amines) is 2. The van der Waals surface area contributed by atoms with Gasteiger partial charge in [-0.25, -0.2) is 4.79 Å². The molecule has 10 nitrogen and oxygen atoms in total. The molecule has 3 saturated heterocycles. The first-order chi connectivity index (χ1) is 20.9. The lowest BCUT2D eigenvalue weighted by Gasteiger charge is -2.55. The fourth-order valence-corrected chi connectivity index (χ4v) is 8.30. The molecule has 0 radical (unpaired) electrons. The van der Waals surface area contributed by atoms with Crippen LogP contribution in [0.4, 0.5) is 4.79 Å². The van der Waals surface area contributed by atoms with Crippen molar-refractivity contribution in [1.29, 1.82) is 0 Å². The number of carbonyl (C=O) groups is 3. The predicted octanol–water partition coefficient (Wildman–Crippen LogP) is 3.71. The monoisotopic (exact) mass is 650 g/mol. The Kier molecular flexibility index (Phi) is 7.53. The number of fused-ring (bicyclic) bond motifs is 2. The Balaban J connectivity index is 1.31. The van der Waals surface area contributed by atoms with Crippen molar-refractivity contribution in [3.05, 3.63) is 69.2 Å². The summed E-state index contributed by atoms with van der Waals surface area (Å²) in [7, 11) is 0. The van der Waals surface area contributed by atoms with E-state index in [1.807, 2.05) is 12.1 Å². The number of rotatable bonds is 8. The molecule has 5 aliphatic heterocycles. The second-order valence-electron chi connectivity index (χ2n) is 12.1. The number of hydrogen-bond acceptors (Lipinski definition) is 8. The Morgan fingerprint density at radius 1 is 0.977 bits per heavy atom. The molecule has 0 spiro atoms. The van der Waals surface area contributed by atoms with Crippen LogP contribution in [0.2, 0.25) is 0 Å². The van der Waals surface area contributed by atoms with Crippen molar-refractivity contribution >= 4 is 33.8 Å². The lowest BCUT2D eigenvalue weighted by atomic mass is 9.61. The number of primary amides is 1. The molecule has 5 unspecified atom stereocenters. The van der Waals surface area contributed by atoms with Crippen LogP contribution in [-0.2, 0) is 22.7 Å². The highest BCUT2D eigenvalue weighted by Crippen LogP contribution is 2.57. The number of halogens is 1. The normalized spacial score (nSPS) is 28.1. The molecule has 2 aromatic carbocycles. The second-order valence-corrected chi connectivity index (χ2v) is 13.0. The number of nitrogens with two attached hydrogens (primary N) is 1. The van der Waals surface area contributed by atoms with Gasteiger partial charge >= 0.3 is 6.03 Å². The molecule has 0 aromatic heterocycles. The zero-order valence-electron chi connectivity index (χ0n) is 23.8. The van der Waals surface area contributed by atoms with Gasteiger partial charge in [0.15, 0.2) is 11.5 Å². The van der Waals surface area contributed by atoms with Crippen molar-refractivity contribution in [2.45, 2.75) is 50.9 Å². The van der Waals surface area contributed by atoms with E-state index in [9.17, 15) is 19.5 Å². The summed E-state index contributed by atoms with van der Waals surface area (Å²) in [6.45, 7) is 3.77. The third-order valence-electron chi connectivity index (χ3n) is 9.71. The average Bonchev–Trinajstić information content (AvgIpc) is 3.73. The molecular formula is C32H35BrN4O6. The summed E-state index contributed by atoms with van der Waals surface area (Å²) in [5.74, 6) is -1.51. The summed E-state index contributed by atoms with van der Waals surface area (Å²) in [6.07, 6.45) is 5.70. The summed E-state index contributed by atoms with van der Waals surface area (Å²) in [5.41, 5.74) is 9.84. The van der Waals surface area contributed by atoms with E-state index >= 15 is 0 Å². The van der Waals surface area contributed by atoms with Crippen LogP contribution in [0.15, 0.2) is 52.5 Å². The molecule has 3 N–H and O–H groups in total. The largest absolute Gasteiger partial charge is 0.454 e. The number of aliphatic hydroxyl groups is 1. The van der Waals surface area contributed by atoms with Crippen molar-refractivity contribution in [3.63, 3.8) is 0 Å². The van der Waals surface area contributed by atoms with Gasteiger partial charge < -0.3 is 20.3 Å². The average molecular weight is 652 g/mol. The molecule has 2 bridgehead atoms. The summed E-state index contributed by atoms with van der Waals surface area (Å²) in [4.78, 5) is 45.1. The zero-order chi connectivity index (χ0) is 29.8. The van der Waals surface area contributed by atoms with Gasteiger partial charge in [0.05, 0.1) is 11.8 Å². The summed E-state index contributed by atoms with van der Waals surface area (Å²) < 4.78 is 12.1. The number of hydrogen-bond donors (Lipinski definition) is 2. The molecule has 8 rings (SSSR count). The van der Waals surface area contributed by atoms with E-state index < -0.39 is 35.7 Å². The van der Waals surface area contributed by atoms with Gasteiger partial charge in [0.2, 0.25) is 18.6 Å². The molecular weight excluding hydrogens is 616 g/mol. The molecule has 4 amide bonds. The third-order valence-corrected chi connectivity index (χ3v) is 10.4. The summed E-state index contributed by atoms with van der Waals surface area (Å²) in [6, 6.07) is 10.7. The minimum Gasteiger partial charge on any atom is -0.454 e. The third kappa shape index (κ3) is 4.86. The Morgan fingerprint density at radius 3 is 2.37 bits per heavy atom. The first-order valence-corrected chi connectivity index (χ1v) is 15.8. The van der Waals surface area contributed by atoms with Gasteiger partial charge in [-0.2, -0.15) is 4.90 Å². The zero-order valence-corrected chi connectivity index (χ0v) is 25.4. The van der Waals surface area contributed by atoms with Crippen LogP contribution in [0.25, 0.3) is 0 Å². The Bertz CT molecular complexity index is 1490. The van der Waals surface area contributed by atoms with Gasteiger partial charge in [-0.15, -0.1) is 0 Å². The molecule has 5 atom stereocenters. The van der Waals surface area contributed by atoms with Crippen molar-refractivity contribution in [3.8, 4) is 11.5 Å². The van der Waals surface area contributed by atoms with Crippen molar-refractivity contribution in [2.75, 3.05) is 26.5 Å². The standard InChI is InChI=1S/C32H35BrN4O6/c33-22-14-25-24(42-17-43-25)13-21(22)16-36-23-12-20(4-3-11-38)26(28-27(23)30(39)37(31(28)40)32(34)41)29(36)19-7-5-18(6-8-19)15-35-9-1-2-10-35/h5-8,12-14,23,26-29,38H,1-4,9-11,15-17H2,(H2,34,41). The first-order valence-electron chi connectivity index (χ1n) is 15.0. The maximum atomic E-state index is 13.7. The maximum absolute atomic E-state index is 13.7. The number of carbonyl (C=O) groups excluding carboxylic acids is 3. The number of ether oxygens (including phenoxy) is 2. The Labute approximate surface area is 258 Å². The van der Waals surface area contributed by atoms with Crippen LogP contribution in [0, 0.1) is 17.8 Å². The minimum absolute atomic E-state index is 0.0207. The molecule has 1 aliphatic carbocycles. The van der Waals surface area contributed by atoms with E-state index in [0.29, 0.717) is 35.8 Å². The fourth-order valence-electron chi connectivity index (χ4n) is 7.86. The van der Waals surface area contributed by atoms with Crippen LogP contribution in [0.1, 0.15) is 48.4 Å². The lowest BCUT2D eigenvalue weighted by molar-refractivity contribution is -0.136. The van der Waals surface area contributed by atoms with Gasteiger partial charge in [0.25, 0.3) is 0 Å². The predicted molar refractivity (Wildman–Crippen MR) is 160 cm³/mol. The molecule has 0 saturated carbocycles. The van der Waals surface area contributed by atoms with Crippen LogP contribution < -0.4 is 15.2 Å². The summed E-state index contributed by atoms with van der Waals surface area (Å²) in [5, 5.41) is 9.69.